The molecule has 2 unspecified atom stereocenters. The maximum atomic E-state index is 15.5. The maximum absolute atomic E-state index is 15.5. The lowest BCUT2D eigenvalue weighted by Crippen LogP contribution is -2.32. The standard InChI is InChI=1S/C39H46FNO/c1-9-24(3)17-18-25(4)21-34-27(6)22-30(23-35(34)40)31-13-11-14-32(28(31)7)33-15-12-16-37(29(33)8)41-36(10-2)39-26(5)19-20-38(39)42/h11,13-14,16,22-24,36,41H,4,9-10,17-21H2,1-3,5-8H3. The first-order chi connectivity index (χ1) is 20.0. The Hall–Kier alpha value is -3.64. The Bertz CT molecular complexity index is 1550. The Morgan fingerprint density at radius 2 is 1.81 bits per heavy atom. The summed E-state index contributed by atoms with van der Waals surface area (Å²) in [6, 6.07) is 9.95. The van der Waals surface area contributed by atoms with Gasteiger partial charge in [0.15, 0.2) is 5.78 Å². The van der Waals surface area contributed by atoms with E-state index in [1.807, 2.05) is 19.1 Å². The van der Waals surface area contributed by atoms with Crippen LogP contribution in [0.3, 0.4) is 0 Å². The number of halogens is 1. The van der Waals surface area contributed by atoms with Crippen LogP contribution >= 0.6 is 0 Å². The molecule has 0 spiro atoms. The molecule has 0 aromatic heterocycles. The van der Waals surface area contributed by atoms with E-state index in [4.69, 9.17) is 0 Å². The van der Waals surface area contributed by atoms with Crippen LogP contribution < -0.4 is 5.32 Å². The van der Waals surface area contributed by atoms with Gasteiger partial charge in [-0.05, 0) is 111 Å². The van der Waals surface area contributed by atoms with Gasteiger partial charge in [0.25, 0.3) is 0 Å². The fraction of sp³-hybridized carbons (Fsp3) is 0.410. The van der Waals surface area contributed by atoms with Crippen LogP contribution in [-0.2, 0) is 11.2 Å². The second kappa shape index (κ2) is 13.6. The van der Waals surface area contributed by atoms with E-state index in [9.17, 15) is 4.79 Å². The summed E-state index contributed by atoms with van der Waals surface area (Å²) >= 11 is 0. The summed E-state index contributed by atoms with van der Waals surface area (Å²) in [4.78, 5) is 12.6. The molecule has 2 aliphatic rings. The highest BCUT2D eigenvalue weighted by atomic mass is 19.1. The van der Waals surface area contributed by atoms with Crippen LogP contribution in [0, 0.1) is 25.6 Å². The number of aryl methyl sites for hydroxylation is 1. The van der Waals surface area contributed by atoms with Crippen LogP contribution in [0.15, 0.2) is 82.4 Å². The van der Waals surface area contributed by atoms with Crippen LogP contribution in [0.1, 0.15) is 95.4 Å². The molecule has 2 atom stereocenters. The van der Waals surface area contributed by atoms with Crippen LogP contribution in [0.4, 0.5) is 4.39 Å². The largest absolute Gasteiger partial charge is 0.377 e. The molecule has 0 bridgehead atoms. The Balaban J connectivity index is 1.62. The predicted molar refractivity (Wildman–Crippen MR) is 175 cm³/mol. The molecule has 0 saturated heterocycles. The van der Waals surface area contributed by atoms with Crippen LogP contribution in [-0.4, -0.2) is 11.8 Å². The summed E-state index contributed by atoms with van der Waals surface area (Å²) in [5.41, 5.74) is 18.4. The third-order valence-corrected chi connectivity index (χ3v) is 9.21. The van der Waals surface area contributed by atoms with Crippen LogP contribution in [0.2, 0.25) is 0 Å². The Labute approximate surface area is 252 Å². The van der Waals surface area contributed by atoms with Crippen molar-refractivity contribution in [2.45, 2.75) is 99.5 Å². The van der Waals surface area contributed by atoms with Crippen molar-refractivity contribution in [3.05, 3.63) is 111 Å². The van der Waals surface area contributed by atoms with Gasteiger partial charge < -0.3 is 5.32 Å². The molecule has 0 radical (unpaired) electrons. The van der Waals surface area contributed by atoms with Gasteiger partial charge in [-0.25, -0.2) is 4.39 Å². The van der Waals surface area contributed by atoms with Crippen LogP contribution in [0.5, 0.6) is 0 Å². The summed E-state index contributed by atoms with van der Waals surface area (Å²) in [6.07, 6.45) is 7.98. The molecule has 0 amide bonds. The molecule has 2 aliphatic carbocycles. The number of carbonyl (C=O) groups is 1. The number of Topliss-reactive ketones (excluding diaryl/α,β-unsaturated/α-hetero) is 1. The highest BCUT2D eigenvalue weighted by molar-refractivity contribution is 5.99. The molecule has 2 aromatic rings. The van der Waals surface area contributed by atoms with Crippen molar-refractivity contribution in [1.29, 1.82) is 0 Å². The molecular formula is C39H46FNO. The molecule has 1 N–H and O–H groups in total. The summed E-state index contributed by atoms with van der Waals surface area (Å²) in [6.45, 7) is 19.1. The molecule has 0 heterocycles. The van der Waals surface area contributed by atoms with E-state index >= 15 is 4.39 Å². The molecule has 42 heavy (non-hydrogen) atoms. The van der Waals surface area contributed by atoms with E-state index in [1.165, 1.54) is 5.57 Å². The van der Waals surface area contributed by atoms with Gasteiger partial charge in [0.1, 0.15) is 5.82 Å². The van der Waals surface area contributed by atoms with E-state index in [1.54, 1.807) is 6.07 Å². The Morgan fingerprint density at radius 1 is 1.07 bits per heavy atom. The van der Waals surface area contributed by atoms with Gasteiger partial charge in [-0.3, -0.25) is 4.79 Å². The van der Waals surface area contributed by atoms with Gasteiger partial charge in [-0.1, -0.05) is 80.6 Å². The molecule has 4 rings (SSSR count). The van der Waals surface area contributed by atoms with E-state index in [-0.39, 0.29) is 17.6 Å². The SMILES string of the molecule is C=C(CCC(C)CC)Cc1c(C)cc(-c2cccc(C3=C=C=CC(NC(CC)C4=C(C)CCC4=O)=C3C)c2C)cc1F. The van der Waals surface area contributed by atoms with Crippen molar-refractivity contribution in [1.82, 2.24) is 5.32 Å². The van der Waals surface area contributed by atoms with Gasteiger partial charge in [0, 0.05) is 29.3 Å². The smallest absolute Gasteiger partial charge is 0.161 e. The van der Waals surface area contributed by atoms with Gasteiger partial charge in [0.2, 0.25) is 0 Å². The number of benzene rings is 2. The Kier molecular flexibility index (Phi) is 10.1. The quantitative estimate of drug-likeness (QED) is 0.206. The van der Waals surface area contributed by atoms with Gasteiger partial charge in [0.05, 0.1) is 6.04 Å². The van der Waals surface area contributed by atoms with Gasteiger partial charge >= 0.3 is 0 Å². The van der Waals surface area contributed by atoms with E-state index in [0.29, 0.717) is 18.8 Å². The number of hydrogen-bond donors (Lipinski definition) is 1. The normalized spacial score (nSPS) is 16.3. The zero-order valence-electron chi connectivity index (χ0n) is 26.6. The number of carbonyl (C=O) groups excluding carboxylic acids is 1. The molecule has 220 valence electrons. The zero-order chi connectivity index (χ0) is 30.6. The van der Waals surface area contributed by atoms with Crippen molar-refractivity contribution in [2.75, 3.05) is 0 Å². The summed E-state index contributed by atoms with van der Waals surface area (Å²) in [5.74, 6) is 0.744. The first-order valence-corrected chi connectivity index (χ1v) is 15.5. The zero-order valence-corrected chi connectivity index (χ0v) is 26.6. The summed E-state index contributed by atoms with van der Waals surface area (Å²) in [5, 5.41) is 3.64. The van der Waals surface area contributed by atoms with Crippen LogP contribution in [0.25, 0.3) is 16.7 Å². The molecule has 2 nitrogen and oxygen atoms in total. The third kappa shape index (κ3) is 6.70. The minimum absolute atomic E-state index is 0.0228. The van der Waals surface area contributed by atoms with E-state index in [0.717, 1.165) is 93.5 Å². The van der Waals surface area contributed by atoms with Gasteiger partial charge in [-0.15, -0.1) is 0 Å². The molecule has 3 heteroatoms. The number of rotatable bonds is 12. The highest BCUT2D eigenvalue weighted by Crippen LogP contribution is 2.36. The first-order valence-electron chi connectivity index (χ1n) is 15.5. The molecule has 0 fully saturated rings. The van der Waals surface area contributed by atoms with E-state index < -0.39 is 0 Å². The maximum Gasteiger partial charge on any atom is 0.161 e. The molecular weight excluding hydrogens is 517 g/mol. The molecule has 2 aromatic carbocycles. The fourth-order valence-electron chi connectivity index (χ4n) is 6.17. The minimum Gasteiger partial charge on any atom is -0.377 e. The molecule has 0 aliphatic heterocycles. The number of allylic oxidation sites excluding steroid dienone is 5. The molecule has 0 saturated carbocycles. The highest BCUT2D eigenvalue weighted by Gasteiger charge is 2.27. The lowest BCUT2D eigenvalue weighted by molar-refractivity contribution is -0.115. The van der Waals surface area contributed by atoms with Crippen molar-refractivity contribution < 1.29 is 9.18 Å². The average Bonchev–Trinajstić information content (AvgIpc) is 3.30. The van der Waals surface area contributed by atoms with E-state index in [2.05, 4.69) is 83.1 Å². The topological polar surface area (TPSA) is 29.1 Å². The first kappa shape index (κ1) is 31.3. The lowest BCUT2D eigenvalue weighted by atomic mass is 9.87. The van der Waals surface area contributed by atoms with Crippen molar-refractivity contribution in [3.63, 3.8) is 0 Å². The van der Waals surface area contributed by atoms with Crippen molar-refractivity contribution >= 4 is 11.4 Å². The fourth-order valence-corrected chi connectivity index (χ4v) is 6.17. The second-order valence-electron chi connectivity index (χ2n) is 12.3. The van der Waals surface area contributed by atoms with Crippen molar-refractivity contribution in [2.24, 2.45) is 5.92 Å². The summed E-state index contributed by atoms with van der Waals surface area (Å²) in [7, 11) is 0. The minimum atomic E-state index is -0.168. The average molecular weight is 564 g/mol. The number of hydrogen-bond acceptors (Lipinski definition) is 2. The number of nitrogens with one attached hydrogen (secondary N) is 1. The number of ketones is 1. The lowest BCUT2D eigenvalue weighted by Gasteiger charge is -2.24. The summed E-state index contributed by atoms with van der Waals surface area (Å²) < 4.78 is 15.5. The monoisotopic (exact) mass is 563 g/mol. The second-order valence-corrected chi connectivity index (χ2v) is 12.3. The predicted octanol–water partition coefficient (Wildman–Crippen LogP) is 10.1. The van der Waals surface area contributed by atoms with Gasteiger partial charge in [-0.2, -0.15) is 0 Å². The van der Waals surface area contributed by atoms with Crippen molar-refractivity contribution in [3.8, 4) is 11.1 Å². The third-order valence-electron chi connectivity index (χ3n) is 9.21. The Morgan fingerprint density at radius 3 is 2.45 bits per heavy atom.